The minimum Gasteiger partial charge on any atom is -0.326 e. The van der Waals surface area contributed by atoms with E-state index >= 15 is 0 Å². The van der Waals surface area contributed by atoms with Crippen molar-refractivity contribution in [2.45, 2.75) is 54.1 Å². The molecule has 0 unspecified atom stereocenters. The van der Waals surface area contributed by atoms with E-state index in [0.717, 1.165) is 46.7 Å². The monoisotopic (exact) mass is 417 g/mol. The van der Waals surface area contributed by atoms with Gasteiger partial charge in [0.2, 0.25) is 5.96 Å². The smallest absolute Gasteiger partial charge is 0.257 e. The van der Waals surface area contributed by atoms with E-state index in [4.69, 9.17) is 4.99 Å². The molecule has 0 aliphatic heterocycles. The van der Waals surface area contributed by atoms with Crippen molar-refractivity contribution in [1.82, 2.24) is 15.1 Å². The molecule has 0 aliphatic rings. The van der Waals surface area contributed by atoms with Crippen LogP contribution in [0.4, 0.5) is 5.69 Å². The molecule has 3 rings (SSSR count). The maximum atomic E-state index is 12.9. The molecule has 1 amide bonds. The summed E-state index contributed by atoms with van der Waals surface area (Å²) in [5.41, 5.74) is 6.87. The van der Waals surface area contributed by atoms with Crippen LogP contribution in [0.25, 0.3) is 0 Å². The summed E-state index contributed by atoms with van der Waals surface area (Å²) in [4.78, 5) is 17.6. The summed E-state index contributed by atoms with van der Waals surface area (Å²) in [7, 11) is 0. The molecule has 0 fully saturated rings. The van der Waals surface area contributed by atoms with Crippen molar-refractivity contribution in [2.75, 3.05) is 5.32 Å². The van der Waals surface area contributed by atoms with E-state index in [0.29, 0.717) is 18.1 Å². The van der Waals surface area contributed by atoms with Gasteiger partial charge in [-0.2, -0.15) is 5.10 Å². The number of aromatic nitrogens is 2. The predicted molar refractivity (Wildman–Crippen MR) is 127 cm³/mol. The van der Waals surface area contributed by atoms with Crippen molar-refractivity contribution in [3.63, 3.8) is 0 Å². The van der Waals surface area contributed by atoms with Crippen LogP contribution in [0.2, 0.25) is 0 Å². The minimum atomic E-state index is -0.193. The Morgan fingerprint density at radius 1 is 1.06 bits per heavy atom. The van der Waals surface area contributed by atoms with Gasteiger partial charge >= 0.3 is 0 Å². The van der Waals surface area contributed by atoms with Gasteiger partial charge in [0.05, 0.1) is 12.2 Å². The van der Waals surface area contributed by atoms with Gasteiger partial charge in [-0.05, 0) is 57.9 Å². The van der Waals surface area contributed by atoms with E-state index in [1.165, 1.54) is 0 Å². The van der Waals surface area contributed by atoms with Gasteiger partial charge < -0.3 is 5.32 Å². The highest BCUT2D eigenvalue weighted by Crippen LogP contribution is 2.17. The zero-order valence-corrected chi connectivity index (χ0v) is 19.0. The molecule has 0 bridgehead atoms. The molecular formula is C25H31N5O. The molecule has 6 nitrogen and oxygen atoms in total. The topological polar surface area (TPSA) is 71.3 Å². The fourth-order valence-corrected chi connectivity index (χ4v) is 3.58. The van der Waals surface area contributed by atoms with Crippen molar-refractivity contribution in [2.24, 2.45) is 4.99 Å². The van der Waals surface area contributed by atoms with E-state index in [2.05, 4.69) is 42.6 Å². The Balaban J connectivity index is 1.90. The first-order chi connectivity index (χ1) is 14.9. The first-order valence-corrected chi connectivity index (χ1v) is 10.7. The lowest BCUT2D eigenvalue weighted by atomic mass is 10.1. The molecule has 1 heterocycles. The van der Waals surface area contributed by atoms with Crippen LogP contribution in [0, 0.1) is 20.8 Å². The number of nitrogens with one attached hydrogen (secondary N) is 2. The molecule has 0 saturated heterocycles. The standard InChI is InChI=1S/C25H31N5O/c1-6-20-12-8-9-14-23(20)27-25(28-24(31)21-13-10-11-17(3)15-21)26-16-22-18(4)29-30(7-2)19(22)5/h8-15H,6-7,16H2,1-5H3,(H2,26,27,28,31). The number of aryl methyl sites for hydroxylation is 4. The minimum absolute atomic E-state index is 0.193. The predicted octanol–water partition coefficient (Wildman–Crippen LogP) is 4.79. The lowest BCUT2D eigenvalue weighted by Crippen LogP contribution is -2.36. The van der Waals surface area contributed by atoms with Crippen molar-refractivity contribution in [1.29, 1.82) is 0 Å². The quantitative estimate of drug-likeness (QED) is 0.447. The van der Waals surface area contributed by atoms with E-state index in [9.17, 15) is 4.79 Å². The van der Waals surface area contributed by atoms with Crippen molar-refractivity contribution >= 4 is 17.6 Å². The first kappa shape index (κ1) is 22.3. The third-order valence-corrected chi connectivity index (χ3v) is 5.39. The molecule has 0 atom stereocenters. The van der Waals surface area contributed by atoms with Crippen LogP contribution < -0.4 is 10.6 Å². The fraction of sp³-hybridized carbons (Fsp3) is 0.320. The van der Waals surface area contributed by atoms with Gasteiger partial charge in [0.15, 0.2) is 0 Å². The Bertz CT molecular complexity index is 1100. The number of rotatable bonds is 6. The van der Waals surface area contributed by atoms with Gasteiger partial charge in [-0.3, -0.25) is 14.8 Å². The van der Waals surface area contributed by atoms with Crippen LogP contribution in [0.3, 0.4) is 0 Å². The van der Waals surface area contributed by atoms with Crippen molar-refractivity contribution in [3.05, 3.63) is 82.2 Å². The zero-order valence-electron chi connectivity index (χ0n) is 19.0. The molecule has 0 aliphatic carbocycles. The van der Waals surface area contributed by atoms with E-state index in [1.54, 1.807) is 6.07 Å². The zero-order chi connectivity index (χ0) is 22.4. The second-order valence-electron chi connectivity index (χ2n) is 7.59. The summed E-state index contributed by atoms with van der Waals surface area (Å²) < 4.78 is 1.98. The van der Waals surface area contributed by atoms with Crippen LogP contribution in [0.5, 0.6) is 0 Å². The largest absolute Gasteiger partial charge is 0.326 e. The molecule has 0 radical (unpaired) electrons. The van der Waals surface area contributed by atoms with Crippen molar-refractivity contribution in [3.8, 4) is 0 Å². The highest BCUT2D eigenvalue weighted by atomic mass is 16.1. The second kappa shape index (κ2) is 10.1. The van der Waals surface area contributed by atoms with Gasteiger partial charge in [0.1, 0.15) is 0 Å². The van der Waals surface area contributed by atoms with Crippen molar-refractivity contribution < 1.29 is 4.79 Å². The van der Waals surface area contributed by atoms with Gasteiger partial charge in [-0.25, -0.2) is 4.99 Å². The first-order valence-electron chi connectivity index (χ1n) is 10.7. The van der Waals surface area contributed by atoms with Crippen LogP contribution in [0.1, 0.15) is 52.3 Å². The average Bonchev–Trinajstić information content (AvgIpc) is 3.05. The number of aliphatic imine (C=N–C) groups is 1. The molecule has 3 aromatic rings. The normalized spacial score (nSPS) is 11.5. The van der Waals surface area contributed by atoms with Gasteiger partial charge in [0, 0.05) is 29.1 Å². The lowest BCUT2D eigenvalue weighted by Gasteiger charge is -2.15. The van der Waals surface area contributed by atoms with E-state index < -0.39 is 0 Å². The highest BCUT2D eigenvalue weighted by Gasteiger charge is 2.13. The number of carbonyl (C=O) groups is 1. The Morgan fingerprint density at radius 2 is 1.84 bits per heavy atom. The Hall–Kier alpha value is -3.41. The number of carbonyl (C=O) groups excluding carboxylic acids is 1. The summed E-state index contributed by atoms with van der Waals surface area (Å²) in [6, 6.07) is 15.6. The van der Waals surface area contributed by atoms with Crippen LogP contribution in [0.15, 0.2) is 53.5 Å². The second-order valence-corrected chi connectivity index (χ2v) is 7.59. The summed E-state index contributed by atoms with van der Waals surface area (Å²) in [6.07, 6.45) is 0.879. The number of hydrogen-bond acceptors (Lipinski definition) is 3. The van der Waals surface area contributed by atoms with E-state index in [-0.39, 0.29) is 5.91 Å². The number of amides is 1. The summed E-state index contributed by atoms with van der Waals surface area (Å²) >= 11 is 0. The number of benzene rings is 2. The van der Waals surface area contributed by atoms with Gasteiger partial charge in [-0.1, -0.05) is 42.8 Å². The summed E-state index contributed by atoms with van der Waals surface area (Å²) in [5, 5.41) is 10.9. The van der Waals surface area contributed by atoms with Crippen LogP contribution >= 0.6 is 0 Å². The maximum absolute atomic E-state index is 12.9. The molecule has 0 spiro atoms. The number of hydrogen-bond donors (Lipinski definition) is 2. The summed E-state index contributed by atoms with van der Waals surface area (Å²) in [5.74, 6) is 0.233. The van der Waals surface area contributed by atoms with Gasteiger partial charge in [-0.15, -0.1) is 0 Å². The third kappa shape index (κ3) is 5.40. The lowest BCUT2D eigenvalue weighted by molar-refractivity contribution is 0.0977. The molecular weight excluding hydrogens is 386 g/mol. The number of nitrogens with zero attached hydrogens (tertiary/aromatic N) is 3. The fourth-order valence-electron chi connectivity index (χ4n) is 3.58. The molecule has 2 aromatic carbocycles. The molecule has 162 valence electrons. The molecule has 31 heavy (non-hydrogen) atoms. The van der Waals surface area contributed by atoms with Gasteiger partial charge in [0.25, 0.3) is 5.91 Å². The highest BCUT2D eigenvalue weighted by molar-refractivity contribution is 6.10. The third-order valence-electron chi connectivity index (χ3n) is 5.39. The Morgan fingerprint density at radius 3 is 2.52 bits per heavy atom. The number of para-hydroxylation sites is 1. The van der Waals surface area contributed by atoms with Crippen LogP contribution in [-0.2, 0) is 19.5 Å². The maximum Gasteiger partial charge on any atom is 0.257 e. The van der Waals surface area contributed by atoms with E-state index in [1.807, 2.05) is 54.9 Å². The Labute approximate surface area is 184 Å². The number of guanidine groups is 1. The molecule has 0 saturated carbocycles. The summed E-state index contributed by atoms with van der Waals surface area (Å²) in [6.45, 7) is 11.4. The SMILES string of the molecule is CCc1ccccc1NC(=NCc1c(C)nn(CC)c1C)NC(=O)c1cccc(C)c1. The Kier molecular flexibility index (Phi) is 7.23. The number of anilines is 1. The molecule has 1 aromatic heterocycles. The van der Waals surface area contributed by atoms with Crippen LogP contribution in [-0.4, -0.2) is 21.6 Å². The molecule has 6 heteroatoms. The average molecular weight is 418 g/mol. The molecule has 2 N–H and O–H groups in total.